The van der Waals surface area contributed by atoms with Crippen LogP contribution in [0.5, 0.6) is 0 Å². The maximum atomic E-state index is 16.1. The number of pyridine rings is 2. The molecule has 1 saturated heterocycles. The number of amides is 1. The molecule has 194 valence electrons. The van der Waals surface area contributed by atoms with E-state index in [9.17, 15) is 4.79 Å². The number of hydrogen-bond donors (Lipinski definition) is 3. The molecule has 3 N–H and O–H groups in total. The molecular weight excluding hydrogens is 483 g/mol. The molecule has 0 atom stereocenters. The van der Waals surface area contributed by atoms with E-state index in [2.05, 4.69) is 40.3 Å². The maximum Gasteiger partial charge on any atom is 0.224 e. The number of H-pyrrole nitrogens is 2. The summed E-state index contributed by atoms with van der Waals surface area (Å²) in [6.45, 7) is 5.94. The first kappa shape index (κ1) is 24.0. The Morgan fingerprint density at radius 3 is 2.82 bits per heavy atom. The highest BCUT2D eigenvalue weighted by Gasteiger charge is 2.22. The van der Waals surface area contributed by atoms with Crippen molar-refractivity contribution in [3.05, 3.63) is 48.7 Å². The Hall–Kier alpha value is -4.34. The molecule has 4 aromatic heterocycles. The van der Waals surface area contributed by atoms with E-state index < -0.39 is 5.82 Å². The third-order valence-electron chi connectivity index (χ3n) is 6.88. The third kappa shape index (κ3) is 4.46. The van der Waals surface area contributed by atoms with Crippen molar-refractivity contribution in [3.63, 3.8) is 0 Å². The second-order valence-corrected chi connectivity index (χ2v) is 10.2. The highest BCUT2D eigenvalue weighted by atomic mass is 19.1. The first-order valence-corrected chi connectivity index (χ1v) is 13.0. The van der Waals surface area contributed by atoms with Gasteiger partial charge in [-0.25, -0.2) is 14.4 Å². The van der Waals surface area contributed by atoms with Gasteiger partial charge in [-0.2, -0.15) is 5.10 Å². The highest BCUT2D eigenvalue weighted by molar-refractivity contribution is 5.98. The number of aromatic amines is 2. The van der Waals surface area contributed by atoms with Crippen LogP contribution in [0.2, 0.25) is 0 Å². The number of fused-ring (bicyclic) bond motifs is 2. The maximum absolute atomic E-state index is 16.1. The van der Waals surface area contributed by atoms with Gasteiger partial charge in [-0.1, -0.05) is 13.8 Å². The van der Waals surface area contributed by atoms with Gasteiger partial charge in [-0.3, -0.25) is 14.9 Å². The van der Waals surface area contributed by atoms with E-state index in [1.165, 1.54) is 6.42 Å². The Morgan fingerprint density at radius 2 is 2.00 bits per heavy atom. The molecule has 38 heavy (non-hydrogen) atoms. The lowest BCUT2D eigenvalue weighted by atomic mass is 10.0. The van der Waals surface area contributed by atoms with Gasteiger partial charge in [0.05, 0.1) is 28.5 Å². The van der Waals surface area contributed by atoms with Gasteiger partial charge in [0, 0.05) is 43.0 Å². The Bertz CT molecular complexity index is 1630. The number of carbonyl (C=O) groups excluding carboxylic acids is 1. The number of carbonyl (C=O) groups is 1. The molecule has 10 heteroatoms. The van der Waals surface area contributed by atoms with Crippen LogP contribution in [-0.2, 0) is 4.79 Å². The molecule has 0 bridgehead atoms. The van der Waals surface area contributed by atoms with Crippen LogP contribution < -0.4 is 10.2 Å². The van der Waals surface area contributed by atoms with Gasteiger partial charge in [0.2, 0.25) is 5.91 Å². The van der Waals surface area contributed by atoms with E-state index in [-0.39, 0.29) is 11.8 Å². The number of anilines is 2. The number of aromatic nitrogens is 6. The summed E-state index contributed by atoms with van der Waals surface area (Å²) >= 11 is 0. The van der Waals surface area contributed by atoms with Crippen molar-refractivity contribution < 1.29 is 9.18 Å². The monoisotopic (exact) mass is 512 g/mol. The van der Waals surface area contributed by atoms with E-state index in [0.29, 0.717) is 51.3 Å². The lowest BCUT2D eigenvalue weighted by molar-refractivity contribution is -0.116. The molecule has 1 aliphatic rings. The van der Waals surface area contributed by atoms with Crippen LogP contribution in [0.15, 0.2) is 42.9 Å². The SMILES string of the molecule is CC(C)CC(=O)Nc1cncc(-c2ccc3[nH]nc(-c4nc5nccc(N6CCCCC6)c5[nH]4)c3c2F)c1. The van der Waals surface area contributed by atoms with Gasteiger partial charge in [0.1, 0.15) is 17.0 Å². The standard InChI is InChI=1S/C28H29FN8O/c1-16(2)12-22(38)32-18-13-17(14-30-15-18)19-6-7-20-23(24(19)29)26(36-35-20)28-33-25-21(8-9-31-27(25)34-28)37-10-4-3-5-11-37/h6-9,13-16H,3-5,10-12H2,1-2H3,(H,32,38)(H,35,36)(H,31,33,34). The predicted octanol–water partition coefficient (Wildman–Crippen LogP) is 5.68. The van der Waals surface area contributed by atoms with Crippen LogP contribution >= 0.6 is 0 Å². The third-order valence-corrected chi connectivity index (χ3v) is 6.88. The molecule has 5 heterocycles. The quantitative estimate of drug-likeness (QED) is 0.270. The molecule has 9 nitrogen and oxygen atoms in total. The molecule has 5 aromatic rings. The lowest BCUT2D eigenvalue weighted by Crippen LogP contribution is -2.29. The molecule has 0 aliphatic carbocycles. The highest BCUT2D eigenvalue weighted by Crippen LogP contribution is 2.35. The molecule has 1 aromatic carbocycles. The average Bonchev–Trinajstić information content (AvgIpc) is 3.54. The average molecular weight is 513 g/mol. The molecule has 0 radical (unpaired) electrons. The summed E-state index contributed by atoms with van der Waals surface area (Å²) < 4.78 is 16.1. The van der Waals surface area contributed by atoms with Gasteiger partial charge in [0.25, 0.3) is 0 Å². The summed E-state index contributed by atoms with van der Waals surface area (Å²) in [6, 6.07) is 7.20. The van der Waals surface area contributed by atoms with E-state index in [0.717, 1.165) is 37.1 Å². The number of imidazole rings is 1. The largest absolute Gasteiger partial charge is 0.370 e. The van der Waals surface area contributed by atoms with Crippen LogP contribution in [-0.4, -0.2) is 49.1 Å². The molecule has 0 unspecified atom stereocenters. The second kappa shape index (κ2) is 9.85. The Balaban J connectivity index is 1.39. The minimum Gasteiger partial charge on any atom is -0.370 e. The van der Waals surface area contributed by atoms with Crippen LogP contribution in [0, 0.1) is 11.7 Å². The molecule has 1 amide bonds. The summed E-state index contributed by atoms with van der Waals surface area (Å²) in [5, 5.41) is 10.5. The number of nitrogens with one attached hydrogen (secondary N) is 3. The molecule has 0 spiro atoms. The minimum atomic E-state index is -0.441. The van der Waals surface area contributed by atoms with Crippen molar-refractivity contribution in [1.29, 1.82) is 0 Å². The fraction of sp³-hybridized carbons (Fsp3) is 0.321. The van der Waals surface area contributed by atoms with Crippen LogP contribution in [0.25, 0.3) is 44.7 Å². The zero-order chi connectivity index (χ0) is 26.2. The van der Waals surface area contributed by atoms with Crippen molar-refractivity contribution in [3.8, 4) is 22.6 Å². The van der Waals surface area contributed by atoms with Crippen molar-refractivity contribution in [2.45, 2.75) is 39.5 Å². The Labute approximate surface area is 218 Å². The van der Waals surface area contributed by atoms with E-state index in [1.807, 2.05) is 19.9 Å². The fourth-order valence-electron chi connectivity index (χ4n) is 5.11. The van der Waals surface area contributed by atoms with Crippen molar-refractivity contribution >= 4 is 39.3 Å². The van der Waals surface area contributed by atoms with Crippen molar-refractivity contribution in [1.82, 2.24) is 30.1 Å². The topological polar surface area (TPSA) is 115 Å². The summed E-state index contributed by atoms with van der Waals surface area (Å²) in [5.74, 6) is 0.139. The summed E-state index contributed by atoms with van der Waals surface area (Å²) in [4.78, 5) is 31.3. The smallest absolute Gasteiger partial charge is 0.224 e. The fourth-order valence-corrected chi connectivity index (χ4v) is 5.11. The molecule has 6 rings (SSSR count). The lowest BCUT2D eigenvalue weighted by Gasteiger charge is -2.28. The zero-order valence-corrected chi connectivity index (χ0v) is 21.4. The molecular formula is C28H29FN8O. The Morgan fingerprint density at radius 1 is 1.16 bits per heavy atom. The van der Waals surface area contributed by atoms with Gasteiger partial charge < -0.3 is 15.2 Å². The van der Waals surface area contributed by atoms with Gasteiger partial charge in [-0.05, 0) is 49.4 Å². The first-order valence-electron chi connectivity index (χ1n) is 13.0. The normalized spacial score (nSPS) is 14.1. The summed E-state index contributed by atoms with van der Waals surface area (Å²) in [5.41, 5.74) is 4.83. The first-order chi connectivity index (χ1) is 18.5. The van der Waals surface area contributed by atoms with Crippen LogP contribution in [0.4, 0.5) is 15.8 Å². The second-order valence-electron chi connectivity index (χ2n) is 10.2. The number of hydrogen-bond acceptors (Lipinski definition) is 6. The predicted molar refractivity (Wildman–Crippen MR) is 146 cm³/mol. The number of nitrogens with zero attached hydrogens (tertiary/aromatic N) is 5. The van der Waals surface area contributed by atoms with Crippen molar-refractivity contribution in [2.24, 2.45) is 5.92 Å². The van der Waals surface area contributed by atoms with E-state index in [4.69, 9.17) is 0 Å². The van der Waals surface area contributed by atoms with Crippen LogP contribution in [0.3, 0.4) is 0 Å². The zero-order valence-electron chi connectivity index (χ0n) is 21.4. The number of piperidine rings is 1. The Kier molecular flexibility index (Phi) is 6.22. The number of benzene rings is 1. The molecule has 1 aliphatic heterocycles. The molecule has 1 fully saturated rings. The van der Waals surface area contributed by atoms with Gasteiger partial charge in [-0.15, -0.1) is 0 Å². The van der Waals surface area contributed by atoms with E-state index in [1.54, 1.807) is 36.8 Å². The number of halogens is 1. The van der Waals surface area contributed by atoms with Gasteiger partial charge in [0.15, 0.2) is 11.5 Å². The van der Waals surface area contributed by atoms with E-state index >= 15 is 4.39 Å². The summed E-state index contributed by atoms with van der Waals surface area (Å²) in [6.07, 6.45) is 8.84. The molecule has 0 saturated carbocycles. The van der Waals surface area contributed by atoms with Crippen LogP contribution in [0.1, 0.15) is 39.5 Å². The van der Waals surface area contributed by atoms with Gasteiger partial charge >= 0.3 is 0 Å². The van der Waals surface area contributed by atoms with Crippen molar-refractivity contribution in [2.75, 3.05) is 23.3 Å². The summed E-state index contributed by atoms with van der Waals surface area (Å²) in [7, 11) is 0. The number of rotatable bonds is 6. The minimum absolute atomic E-state index is 0.102.